The lowest BCUT2D eigenvalue weighted by Gasteiger charge is -2.21. The fourth-order valence-electron chi connectivity index (χ4n) is 12.3. The highest BCUT2D eigenvalue weighted by atomic mass is 32.2. The molecule has 0 radical (unpaired) electrons. The Labute approximate surface area is 507 Å². The Morgan fingerprint density at radius 1 is 0.402 bits per heavy atom. The minimum absolute atomic E-state index is 0.126. The molecule has 15 rings (SSSR count). The minimum atomic E-state index is -3.80. The van der Waals surface area contributed by atoms with Gasteiger partial charge in [0.2, 0.25) is 20.0 Å². The molecule has 3 heterocycles. The monoisotopic (exact) mass is 1190 g/mol. The van der Waals surface area contributed by atoms with E-state index in [2.05, 4.69) is 133 Å². The van der Waals surface area contributed by atoms with E-state index in [0.29, 0.717) is 46.6 Å². The Morgan fingerprint density at radius 3 is 1.02 bits per heavy atom. The predicted octanol–water partition coefficient (Wildman–Crippen LogP) is 15.0. The topological polar surface area (TPSA) is 227 Å². The zero-order valence-corrected chi connectivity index (χ0v) is 50.7. The number of primary sulfonamides is 2. The Kier molecular flexibility index (Phi) is 14.8. The van der Waals surface area contributed by atoms with Crippen LogP contribution in [0.25, 0.3) is 66.5 Å². The van der Waals surface area contributed by atoms with Gasteiger partial charge in [-0.15, -0.1) is 0 Å². The molecule has 0 bridgehead atoms. The van der Waals surface area contributed by atoms with E-state index in [9.17, 15) is 21.9 Å². The SMILES string of the molecule is Cc1ccc([C@@H]2C[C@@H]2c2nc3ccc(-c4ccccc4S(N)(=O)=O)cc3[nH]2)cc1.Cc1ccc([C@H]2C[C@H]2c2nc3ccc(-c4ccccc4C(C)(C)O)cc3[nH]2)cc1.Cc1ccc([C@H]2C[C@H]2c2nc3ccc(-c4ccccc4S(N)(=O)=O)cc3[nH]2)cc1. The first-order valence-corrected chi connectivity index (χ1v) is 32.5. The van der Waals surface area contributed by atoms with E-state index < -0.39 is 25.6 Å². The van der Waals surface area contributed by atoms with Gasteiger partial charge < -0.3 is 20.1 Å². The number of nitrogens with zero attached hydrogens (tertiary/aromatic N) is 3. The Bertz CT molecular complexity index is 4590. The molecule has 12 aromatic rings. The highest BCUT2D eigenvalue weighted by Crippen LogP contribution is 2.56. The molecule has 0 spiro atoms. The molecule has 9 aromatic carbocycles. The van der Waals surface area contributed by atoms with Crippen LogP contribution >= 0.6 is 0 Å². The third-order valence-electron chi connectivity index (χ3n) is 17.3. The van der Waals surface area contributed by atoms with E-state index in [0.717, 1.165) is 97.7 Å². The average Bonchev–Trinajstić information content (AvgIpc) is 1.78. The molecule has 0 saturated heterocycles. The average molecular weight is 1190 g/mol. The smallest absolute Gasteiger partial charge is 0.238 e. The van der Waals surface area contributed by atoms with Crippen molar-refractivity contribution in [2.45, 2.75) is 105 Å². The Hall–Kier alpha value is -8.83. The number of fused-ring (bicyclic) bond motifs is 3. The molecule has 0 amide bonds. The van der Waals surface area contributed by atoms with Crippen molar-refractivity contribution in [3.63, 3.8) is 0 Å². The third-order valence-corrected chi connectivity index (χ3v) is 19.3. The molecule has 15 heteroatoms. The standard InChI is InChI=1S/C26H26N2O.2C23H21N3O2S/c1-16-8-10-17(11-9-16)20-15-21(20)25-27-23-13-12-18(14-24(23)28-25)19-6-4-5-7-22(19)26(2,3)29;2*1-14-6-8-15(9-7-14)18-13-19(18)23-25-20-11-10-16(12-21(20)26-23)17-4-2-3-5-22(17)29(24,27)28/h4-14,20-21,29H,15H2,1-3H3,(H,27,28);2*2-12,18-19H,13H2,1H3,(H,25,26)(H2,24,27,28)/t20-,21-;2*18-,19-/m110/s1. The van der Waals surface area contributed by atoms with E-state index in [-0.39, 0.29) is 9.79 Å². The maximum Gasteiger partial charge on any atom is 0.238 e. The van der Waals surface area contributed by atoms with Gasteiger partial charge in [0.25, 0.3) is 0 Å². The summed E-state index contributed by atoms with van der Waals surface area (Å²) in [7, 11) is -7.60. The van der Waals surface area contributed by atoms with Crippen molar-refractivity contribution < 1.29 is 21.9 Å². The summed E-state index contributed by atoms with van der Waals surface area (Å²) in [4.78, 5) is 25.1. The van der Waals surface area contributed by atoms with Crippen LogP contribution in [0.4, 0.5) is 0 Å². The van der Waals surface area contributed by atoms with Crippen LogP contribution in [0.1, 0.15) is 125 Å². The van der Waals surface area contributed by atoms with E-state index in [4.69, 9.17) is 25.2 Å². The second kappa shape index (κ2) is 22.5. The van der Waals surface area contributed by atoms with Crippen LogP contribution in [-0.4, -0.2) is 51.8 Å². The molecule has 0 aliphatic heterocycles. The lowest BCUT2D eigenvalue weighted by molar-refractivity contribution is 0.0792. The number of H-pyrrole nitrogens is 3. The molecule has 13 nitrogen and oxygen atoms in total. The molecular formula is C72H68N8O5S2. The Morgan fingerprint density at radius 2 is 0.701 bits per heavy atom. The maximum absolute atomic E-state index is 11.9. The molecule has 3 aliphatic carbocycles. The summed E-state index contributed by atoms with van der Waals surface area (Å²) in [6.45, 7) is 9.98. The summed E-state index contributed by atoms with van der Waals surface area (Å²) in [5, 5.41) is 21.3. The molecule has 0 unspecified atom stereocenters. The summed E-state index contributed by atoms with van der Waals surface area (Å²) in [6, 6.07) is 65.7. The Balaban J connectivity index is 0.000000121. The largest absolute Gasteiger partial charge is 0.386 e. The van der Waals surface area contributed by atoms with E-state index in [1.807, 2.05) is 80.6 Å². The van der Waals surface area contributed by atoms with Crippen molar-refractivity contribution in [2.75, 3.05) is 0 Å². The van der Waals surface area contributed by atoms with Crippen molar-refractivity contribution in [3.8, 4) is 33.4 Å². The number of sulfonamides is 2. The molecule has 3 aromatic heterocycles. The van der Waals surface area contributed by atoms with Crippen molar-refractivity contribution >= 4 is 53.1 Å². The molecule has 87 heavy (non-hydrogen) atoms. The molecular weight excluding hydrogens is 1120 g/mol. The van der Waals surface area contributed by atoms with E-state index in [1.54, 1.807) is 24.3 Å². The van der Waals surface area contributed by atoms with Crippen LogP contribution in [0.2, 0.25) is 0 Å². The number of rotatable bonds is 12. The third kappa shape index (κ3) is 12.2. The minimum Gasteiger partial charge on any atom is -0.386 e. The van der Waals surface area contributed by atoms with E-state index >= 15 is 0 Å². The van der Waals surface area contributed by atoms with Crippen LogP contribution in [-0.2, 0) is 25.6 Å². The number of nitrogens with one attached hydrogen (secondary N) is 3. The van der Waals surface area contributed by atoms with Gasteiger partial charge >= 0.3 is 0 Å². The van der Waals surface area contributed by atoms with Crippen LogP contribution < -0.4 is 10.3 Å². The lowest BCUT2D eigenvalue weighted by Crippen LogP contribution is -2.16. The second-order valence-electron chi connectivity index (χ2n) is 24.3. The number of hydrogen-bond acceptors (Lipinski definition) is 8. The molecule has 3 fully saturated rings. The number of hydrogen-bond donors (Lipinski definition) is 6. The molecule has 6 atom stereocenters. The predicted molar refractivity (Wildman–Crippen MR) is 346 cm³/mol. The van der Waals surface area contributed by atoms with Crippen LogP contribution in [0.3, 0.4) is 0 Å². The van der Waals surface area contributed by atoms with Gasteiger partial charge in [0.1, 0.15) is 17.5 Å². The van der Waals surface area contributed by atoms with Gasteiger partial charge in [0.05, 0.1) is 48.5 Å². The number of aliphatic hydroxyl groups is 1. The van der Waals surface area contributed by atoms with Crippen LogP contribution in [0, 0.1) is 20.8 Å². The van der Waals surface area contributed by atoms with Crippen molar-refractivity contribution in [2.24, 2.45) is 10.3 Å². The highest BCUT2D eigenvalue weighted by molar-refractivity contribution is 7.89. The molecule has 3 saturated carbocycles. The second-order valence-corrected chi connectivity index (χ2v) is 27.4. The van der Waals surface area contributed by atoms with Gasteiger partial charge in [-0.2, -0.15) is 0 Å². The van der Waals surface area contributed by atoms with Gasteiger partial charge in [0.15, 0.2) is 0 Å². The van der Waals surface area contributed by atoms with Crippen LogP contribution in [0.15, 0.2) is 210 Å². The van der Waals surface area contributed by atoms with Gasteiger partial charge in [-0.25, -0.2) is 42.1 Å². The van der Waals surface area contributed by atoms with Crippen molar-refractivity contribution in [1.82, 2.24) is 29.9 Å². The first-order chi connectivity index (χ1) is 41.7. The maximum atomic E-state index is 11.9. The highest BCUT2D eigenvalue weighted by Gasteiger charge is 2.43. The zero-order chi connectivity index (χ0) is 60.5. The van der Waals surface area contributed by atoms with Gasteiger partial charge in [-0.3, -0.25) is 0 Å². The summed E-state index contributed by atoms with van der Waals surface area (Å²) in [6.07, 6.45) is 3.32. The number of nitrogens with two attached hydrogens (primary N) is 2. The first kappa shape index (κ1) is 57.3. The number of aromatic amines is 3. The van der Waals surface area contributed by atoms with E-state index in [1.165, 1.54) is 45.5 Å². The van der Waals surface area contributed by atoms with Crippen molar-refractivity contribution in [3.05, 3.63) is 257 Å². The summed E-state index contributed by atoms with van der Waals surface area (Å²) in [5.41, 5.74) is 18.5. The molecule has 3 aliphatic rings. The summed E-state index contributed by atoms with van der Waals surface area (Å²) < 4.78 is 47.8. The molecule has 438 valence electrons. The van der Waals surface area contributed by atoms with Gasteiger partial charge in [-0.05, 0) is 165 Å². The zero-order valence-electron chi connectivity index (χ0n) is 49.0. The van der Waals surface area contributed by atoms with Gasteiger partial charge in [-0.1, -0.05) is 168 Å². The first-order valence-electron chi connectivity index (χ1n) is 29.5. The quantitative estimate of drug-likeness (QED) is 0.0688. The number of benzene rings is 9. The lowest BCUT2D eigenvalue weighted by atomic mass is 9.89. The number of imidazole rings is 3. The molecule has 8 N–H and O–H groups in total. The number of aromatic nitrogens is 6. The number of aryl methyl sites for hydroxylation is 3. The van der Waals surface area contributed by atoms with Crippen molar-refractivity contribution in [1.29, 1.82) is 0 Å². The van der Waals surface area contributed by atoms with Gasteiger partial charge in [0, 0.05) is 28.9 Å². The summed E-state index contributed by atoms with van der Waals surface area (Å²) >= 11 is 0. The van der Waals surface area contributed by atoms with Crippen LogP contribution in [0.5, 0.6) is 0 Å². The summed E-state index contributed by atoms with van der Waals surface area (Å²) in [5.74, 6) is 5.88. The normalized spacial score (nSPS) is 18.9. The fourth-order valence-corrected chi connectivity index (χ4v) is 13.9. The fraction of sp³-hybridized carbons (Fsp3) is 0.208.